The fourth-order valence-electron chi connectivity index (χ4n) is 4.74. The summed E-state index contributed by atoms with van der Waals surface area (Å²) in [5.74, 6) is 0.131. The molecule has 0 saturated heterocycles. The minimum Gasteiger partial charge on any atom is -0.490 e. The molecule has 0 fully saturated rings. The predicted molar refractivity (Wildman–Crippen MR) is 157 cm³/mol. The van der Waals surface area contributed by atoms with Crippen LogP contribution in [0.3, 0.4) is 0 Å². The summed E-state index contributed by atoms with van der Waals surface area (Å²) in [4.78, 5) is 29.2. The Labute approximate surface area is 233 Å². The van der Waals surface area contributed by atoms with E-state index in [4.69, 9.17) is 4.74 Å². The summed E-state index contributed by atoms with van der Waals surface area (Å²) in [6.07, 6.45) is 0. The van der Waals surface area contributed by atoms with Crippen molar-refractivity contribution in [3.8, 4) is 5.75 Å². The van der Waals surface area contributed by atoms with Gasteiger partial charge in [0.25, 0.3) is 15.9 Å². The van der Waals surface area contributed by atoms with Gasteiger partial charge in [-0.05, 0) is 63.0 Å². The van der Waals surface area contributed by atoms with E-state index in [0.29, 0.717) is 52.3 Å². The van der Waals surface area contributed by atoms with Crippen LogP contribution in [-0.4, -0.2) is 58.9 Å². The van der Waals surface area contributed by atoms with Crippen LogP contribution >= 0.6 is 0 Å². The number of rotatable bonds is 7. The van der Waals surface area contributed by atoms with Crippen molar-refractivity contribution in [1.82, 2.24) is 4.90 Å². The first-order valence-corrected chi connectivity index (χ1v) is 14.3. The molecule has 1 aliphatic heterocycles. The quantitative estimate of drug-likeness (QED) is 0.346. The molecule has 1 aliphatic rings. The SMILES string of the molecule is Cc1ccccc1C(=O)Nc1ccc(S(=O)(=O)Nc2ccc3c(c2)N(C(=O)CN(C)C)CCO3)c2ccccc12. The van der Waals surface area contributed by atoms with E-state index in [-0.39, 0.29) is 23.3 Å². The Morgan fingerprint density at radius 3 is 2.42 bits per heavy atom. The number of fused-ring (bicyclic) bond motifs is 2. The molecule has 2 amide bonds. The molecular formula is C30H30N4O5S. The minimum atomic E-state index is -4.04. The maximum absolute atomic E-state index is 13.6. The number of carbonyl (C=O) groups excluding carboxylic acids is 2. The standard InChI is InChI=1S/C30H30N4O5S/c1-20-8-4-5-9-22(20)30(36)31-25-13-15-28(24-11-7-6-10-23(24)25)40(37,38)32-21-12-14-27-26(18-21)34(16-17-39-27)29(35)19-33(2)3/h4-15,18,32H,16-17,19H2,1-3H3,(H,31,36). The maximum Gasteiger partial charge on any atom is 0.262 e. The highest BCUT2D eigenvalue weighted by Crippen LogP contribution is 2.36. The van der Waals surface area contributed by atoms with E-state index in [1.54, 1.807) is 70.5 Å². The Bertz CT molecular complexity index is 1720. The van der Waals surface area contributed by atoms with Gasteiger partial charge in [-0.2, -0.15) is 0 Å². The molecule has 0 unspecified atom stereocenters. The van der Waals surface area contributed by atoms with E-state index in [0.717, 1.165) is 5.56 Å². The van der Waals surface area contributed by atoms with Crippen molar-refractivity contribution in [1.29, 1.82) is 0 Å². The first kappa shape index (κ1) is 27.2. The molecule has 0 spiro atoms. The molecule has 9 nitrogen and oxygen atoms in total. The molecule has 5 rings (SSSR count). The lowest BCUT2D eigenvalue weighted by molar-refractivity contribution is -0.119. The van der Waals surface area contributed by atoms with Gasteiger partial charge >= 0.3 is 0 Å². The second-order valence-electron chi connectivity index (χ2n) is 9.85. The largest absolute Gasteiger partial charge is 0.490 e. The zero-order chi connectivity index (χ0) is 28.4. The Hall–Kier alpha value is -4.41. The zero-order valence-electron chi connectivity index (χ0n) is 22.5. The number of aryl methyl sites for hydroxylation is 1. The summed E-state index contributed by atoms with van der Waals surface area (Å²) in [6.45, 7) is 2.80. The summed E-state index contributed by atoms with van der Waals surface area (Å²) >= 11 is 0. The van der Waals surface area contributed by atoms with Crippen LogP contribution in [0.2, 0.25) is 0 Å². The Morgan fingerprint density at radius 1 is 0.950 bits per heavy atom. The smallest absolute Gasteiger partial charge is 0.262 e. The van der Waals surface area contributed by atoms with Crippen LogP contribution in [0.5, 0.6) is 5.75 Å². The van der Waals surface area contributed by atoms with Crippen molar-refractivity contribution >= 4 is 49.7 Å². The minimum absolute atomic E-state index is 0.0616. The van der Waals surface area contributed by atoms with Gasteiger partial charge < -0.3 is 19.9 Å². The highest BCUT2D eigenvalue weighted by atomic mass is 32.2. The Kier molecular flexibility index (Phi) is 7.46. The number of likely N-dealkylation sites (N-methyl/N-ethyl adjacent to an activating group) is 1. The van der Waals surface area contributed by atoms with Gasteiger partial charge in [0.05, 0.1) is 29.4 Å². The number of hydrogen-bond acceptors (Lipinski definition) is 6. The number of carbonyl (C=O) groups is 2. The molecule has 0 bridgehead atoms. The average molecular weight is 559 g/mol. The van der Waals surface area contributed by atoms with Crippen molar-refractivity contribution < 1.29 is 22.7 Å². The molecule has 0 saturated carbocycles. The number of hydrogen-bond donors (Lipinski definition) is 2. The number of sulfonamides is 1. The third-order valence-corrected chi connectivity index (χ3v) is 8.08. The van der Waals surface area contributed by atoms with Crippen LogP contribution < -0.4 is 19.7 Å². The van der Waals surface area contributed by atoms with Crippen LogP contribution in [0.1, 0.15) is 15.9 Å². The number of ether oxygens (including phenoxy) is 1. The second kappa shape index (κ2) is 11.0. The molecule has 40 heavy (non-hydrogen) atoms. The number of amides is 2. The third kappa shape index (κ3) is 5.49. The zero-order valence-corrected chi connectivity index (χ0v) is 23.3. The van der Waals surface area contributed by atoms with Gasteiger partial charge in [0.1, 0.15) is 12.4 Å². The summed E-state index contributed by atoms with van der Waals surface area (Å²) in [5, 5.41) is 3.97. The molecule has 206 valence electrons. The van der Waals surface area contributed by atoms with Crippen molar-refractivity contribution in [2.45, 2.75) is 11.8 Å². The fraction of sp³-hybridized carbons (Fsp3) is 0.200. The third-order valence-electron chi connectivity index (χ3n) is 6.64. The van der Waals surface area contributed by atoms with Crippen LogP contribution in [-0.2, 0) is 14.8 Å². The molecule has 4 aromatic rings. The van der Waals surface area contributed by atoms with Crippen LogP contribution in [0, 0.1) is 6.92 Å². The maximum atomic E-state index is 13.6. The van der Waals surface area contributed by atoms with E-state index < -0.39 is 10.0 Å². The van der Waals surface area contributed by atoms with Gasteiger partial charge in [-0.3, -0.25) is 14.3 Å². The van der Waals surface area contributed by atoms with Crippen molar-refractivity contribution in [2.24, 2.45) is 0 Å². The summed E-state index contributed by atoms with van der Waals surface area (Å²) < 4.78 is 35.6. The highest BCUT2D eigenvalue weighted by molar-refractivity contribution is 7.93. The van der Waals surface area contributed by atoms with Gasteiger partial charge in [0.2, 0.25) is 5.91 Å². The van der Waals surface area contributed by atoms with Crippen molar-refractivity contribution in [2.75, 3.05) is 48.7 Å². The van der Waals surface area contributed by atoms with Crippen LogP contribution in [0.15, 0.2) is 83.8 Å². The van der Waals surface area contributed by atoms with Gasteiger partial charge in [0, 0.05) is 22.0 Å². The van der Waals surface area contributed by atoms with Gasteiger partial charge in [-0.15, -0.1) is 0 Å². The number of nitrogens with zero attached hydrogens (tertiary/aromatic N) is 2. The Balaban J connectivity index is 1.46. The molecular weight excluding hydrogens is 528 g/mol. The van der Waals surface area contributed by atoms with E-state index in [9.17, 15) is 18.0 Å². The molecule has 2 N–H and O–H groups in total. The second-order valence-corrected chi connectivity index (χ2v) is 11.5. The monoisotopic (exact) mass is 558 g/mol. The average Bonchev–Trinajstić information content (AvgIpc) is 2.92. The van der Waals surface area contributed by atoms with Gasteiger partial charge in [-0.1, -0.05) is 42.5 Å². The fourth-order valence-corrected chi connectivity index (χ4v) is 6.00. The van der Waals surface area contributed by atoms with Crippen LogP contribution in [0.4, 0.5) is 17.1 Å². The number of benzene rings is 4. The van der Waals surface area contributed by atoms with Gasteiger partial charge in [-0.25, -0.2) is 8.42 Å². The summed E-state index contributed by atoms with van der Waals surface area (Å²) in [6, 6.07) is 22.2. The lowest BCUT2D eigenvalue weighted by Crippen LogP contribution is -2.42. The topological polar surface area (TPSA) is 108 Å². The molecule has 10 heteroatoms. The number of anilines is 3. The summed E-state index contributed by atoms with van der Waals surface area (Å²) in [7, 11) is -0.416. The first-order chi connectivity index (χ1) is 19.1. The molecule has 0 aliphatic carbocycles. The molecule has 0 aromatic heterocycles. The first-order valence-electron chi connectivity index (χ1n) is 12.8. The Morgan fingerprint density at radius 2 is 1.68 bits per heavy atom. The molecule has 1 heterocycles. The highest BCUT2D eigenvalue weighted by Gasteiger charge is 2.26. The lowest BCUT2D eigenvalue weighted by Gasteiger charge is -2.30. The van der Waals surface area contributed by atoms with Gasteiger partial charge in [0.15, 0.2) is 0 Å². The van der Waals surface area contributed by atoms with E-state index in [1.807, 2.05) is 33.2 Å². The predicted octanol–water partition coefficient (Wildman–Crippen LogP) is 4.49. The summed E-state index contributed by atoms with van der Waals surface area (Å²) in [5.41, 5.74) is 2.69. The van der Waals surface area contributed by atoms with E-state index in [1.165, 1.54) is 6.07 Å². The molecule has 4 aromatic carbocycles. The normalized spacial score (nSPS) is 13.1. The van der Waals surface area contributed by atoms with Crippen molar-refractivity contribution in [3.63, 3.8) is 0 Å². The van der Waals surface area contributed by atoms with Crippen molar-refractivity contribution in [3.05, 3.63) is 90.0 Å². The van der Waals surface area contributed by atoms with E-state index in [2.05, 4.69) is 10.0 Å². The molecule has 0 atom stereocenters. The van der Waals surface area contributed by atoms with Crippen LogP contribution in [0.25, 0.3) is 10.8 Å². The lowest BCUT2D eigenvalue weighted by atomic mass is 10.1. The van der Waals surface area contributed by atoms with E-state index >= 15 is 0 Å². The molecule has 0 radical (unpaired) electrons. The number of nitrogens with one attached hydrogen (secondary N) is 2.